The maximum Gasteiger partial charge on any atom is 0.302 e. The molecule has 0 spiro atoms. The average molecular weight is 330 g/mol. The van der Waals surface area contributed by atoms with Crippen LogP contribution in [0, 0.1) is 35.0 Å². The van der Waals surface area contributed by atoms with Gasteiger partial charge in [-0.25, -0.2) is 0 Å². The number of hydrogen-bond acceptors (Lipinski definition) is 3. The van der Waals surface area contributed by atoms with E-state index in [1.165, 1.54) is 24.8 Å². The molecule has 7 atom stereocenters. The normalized spacial score (nSPS) is 47.3. The fourth-order valence-electron chi connectivity index (χ4n) is 6.93. The molecule has 0 aromatic heterocycles. The molecule has 5 unspecified atom stereocenters. The van der Waals surface area contributed by atoms with Crippen molar-refractivity contribution in [2.75, 3.05) is 0 Å². The smallest absolute Gasteiger partial charge is 0.302 e. The standard InChI is InChI=1S/C21H30O3/c1-12-10-14-11-15(23)4-5-16(14)17-8-9-21(3)18(20(12)17)6-7-19(21)24-13(2)22/h11-12,16-20H,4-10H2,1-3H3/t12?,16?,17?,18?,19-,20?,21-/m0/s1. The van der Waals surface area contributed by atoms with Gasteiger partial charge in [-0.2, -0.15) is 0 Å². The number of esters is 1. The summed E-state index contributed by atoms with van der Waals surface area (Å²) >= 11 is 0. The van der Waals surface area contributed by atoms with Crippen molar-refractivity contribution in [2.24, 2.45) is 35.0 Å². The Bertz CT molecular complexity index is 592. The van der Waals surface area contributed by atoms with Crippen molar-refractivity contribution in [3.8, 4) is 0 Å². The van der Waals surface area contributed by atoms with Crippen LogP contribution in [0.4, 0.5) is 0 Å². The summed E-state index contributed by atoms with van der Waals surface area (Å²) in [6, 6.07) is 0. The maximum atomic E-state index is 11.8. The Hall–Kier alpha value is -1.12. The monoisotopic (exact) mass is 330 g/mol. The van der Waals surface area contributed by atoms with Gasteiger partial charge in [0.1, 0.15) is 6.10 Å². The van der Waals surface area contributed by atoms with E-state index in [0.717, 1.165) is 37.5 Å². The lowest BCUT2D eigenvalue weighted by atomic mass is 9.49. The number of carbonyl (C=O) groups excluding carboxylic acids is 2. The van der Waals surface area contributed by atoms with Crippen LogP contribution in [0.25, 0.3) is 0 Å². The van der Waals surface area contributed by atoms with E-state index in [1.807, 2.05) is 6.08 Å². The molecule has 0 aliphatic heterocycles. The Balaban J connectivity index is 1.62. The van der Waals surface area contributed by atoms with Gasteiger partial charge in [0.05, 0.1) is 0 Å². The van der Waals surface area contributed by atoms with Crippen LogP contribution in [0.2, 0.25) is 0 Å². The zero-order valence-corrected chi connectivity index (χ0v) is 15.2. The lowest BCUT2D eigenvalue weighted by Gasteiger charge is -2.55. The topological polar surface area (TPSA) is 43.4 Å². The second kappa shape index (κ2) is 5.71. The molecule has 3 heteroatoms. The van der Waals surface area contributed by atoms with Gasteiger partial charge in [0.15, 0.2) is 5.78 Å². The Morgan fingerprint density at radius 3 is 2.79 bits per heavy atom. The average Bonchev–Trinajstić information content (AvgIpc) is 2.83. The molecule has 4 aliphatic carbocycles. The number of rotatable bonds is 1. The molecular weight excluding hydrogens is 300 g/mol. The molecule has 0 aromatic rings. The molecule has 0 aromatic carbocycles. The molecule has 0 N–H and O–H groups in total. The van der Waals surface area contributed by atoms with Gasteiger partial charge in [-0.3, -0.25) is 9.59 Å². The largest absolute Gasteiger partial charge is 0.462 e. The van der Waals surface area contributed by atoms with Crippen molar-refractivity contribution < 1.29 is 14.3 Å². The zero-order chi connectivity index (χ0) is 17.1. The Labute approximate surface area is 145 Å². The van der Waals surface area contributed by atoms with Gasteiger partial charge in [-0.15, -0.1) is 0 Å². The first kappa shape index (κ1) is 16.4. The second-order valence-electron chi connectivity index (χ2n) is 9.08. The van der Waals surface area contributed by atoms with Gasteiger partial charge in [0.25, 0.3) is 0 Å². The highest BCUT2D eigenvalue weighted by Gasteiger charge is 2.58. The number of ether oxygens (including phenoxy) is 1. The van der Waals surface area contributed by atoms with Gasteiger partial charge in [0.2, 0.25) is 0 Å². The van der Waals surface area contributed by atoms with E-state index >= 15 is 0 Å². The fraction of sp³-hybridized carbons (Fsp3) is 0.810. The summed E-state index contributed by atoms with van der Waals surface area (Å²) < 4.78 is 5.72. The van der Waals surface area contributed by atoms with E-state index in [9.17, 15) is 9.59 Å². The van der Waals surface area contributed by atoms with Gasteiger partial charge >= 0.3 is 5.97 Å². The third-order valence-corrected chi connectivity index (χ3v) is 7.86. The first-order valence-electron chi connectivity index (χ1n) is 9.80. The van der Waals surface area contributed by atoms with Crippen LogP contribution in [-0.2, 0) is 14.3 Å². The van der Waals surface area contributed by atoms with Gasteiger partial charge in [0, 0.05) is 18.8 Å². The van der Waals surface area contributed by atoms with Crippen LogP contribution in [0.5, 0.6) is 0 Å². The molecule has 24 heavy (non-hydrogen) atoms. The van der Waals surface area contributed by atoms with Gasteiger partial charge in [-0.05, 0) is 74.2 Å². The van der Waals surface area contributed by atoms with Crippen LogP contribution >= 0.6 is 0 Å². The Kier molecular flexibility index (Phi) is 3.89. The Morgan fingerprint density at radius 2 is 2.04 bits per heavy atom. The number of carbonyl (C=O) groups is 2. The van der Waals surface area contributed by atoms with Crippen LogP contribution in [0.15, 0.2) is 11.6 Å². The molecule has 3 saturated carbocycles. The summed E-state index contributed by atoms with van der Waals surface area (Å²) in [6.07, 6.45) is 9.62. The maximum absolute atomic E-state index is 11.8. The lowest BCUT2D eigenvalue weighted by molar-refractivity contribution is -0.157. The molecule has 0 bridgehead atoms. The summed E-state index contributed by atoms with van der Waals surface area (Å²) in [5.41, 5.74) is 1.60. The fourth-order valence-corrected chi connectivity index (χ4v) is 6.93. The van der Waals surface area contributed by atoms with Gasteiger partial charge < -0.3 is 4.74 Å². The molecule has 0 amide bonds. The van der Waals surface area contributed by atoms with E-state index in [0.29, 0.717) is 23.5 Å². The highest BCUT2D eigenvalue weighted by molar-refractivity contribution is 5.91. The highest BCUT2D eigenvalue weighted by Crippen LogP contribution is 2.63. The van der Waals surface area contributed by atoms with Gasteiger partial charge in [-0.1, -0.05) is 19.4 Å². The quantitative estimate of drug-likeness (QED) is 0.673. The third kappa shape index (κ3) is 2.38. The predicted molar refractivity (Wildman–Crippen MR) is 92.2 cm³/mol. The van der Waals surface area contributed by atoms with Crippen LogP contribution in [0.3, 0.4) is 0 Å². The molecule has 3 nitrogen and oxygen atoms in total. The van der Waals surface area contributed by atoms with Crippen LogP contribution < -0.4 is 0 Å². The molecule has 0 heterocycles. The molecule has 4 aliphatic rings. The summed E-state index contributed by atoms with van der Waals surface area (Å²) in [5.74, 6) is 3.64. The predicted octanol–water partition coefficient (Wildman–Crippen LogP) is 4.31. The molecular formula is C21H30O3. The summed E-state index contributed by atoms with van der Waals surface area (Å²) in [5, 5.41) is 0. The molecule has 132 valence electrons. The first-order chi connectivity index (χ1) is 11.4. The van der Waals surface area contributed by atoms with Crippen molar-refractivity contribution in [3.05, 3.63) is 11.6 Å². The number of allylic oxidation sites excluding steroid dienone is 1. The van der Waals surface area contributed by atoms with Crippen LogP contribution in [0.1, 0.15) is 65.7 Å². The van der Waals surface area contributed by atoms with Crippen molar-refractivity contribution >= 4 is 11.8 Å². The minimum atomic E-state index is -0.128. The third-order valence-electron chi connectivity index (χ3n) is 7.86. The lowest BCUT2D eigenvalue weighted by Crippen LogP contribution is -2.50. The minimum absolute atomic E-state index is 0.109. The molecule has 0 radical (unpaired) electrons. The number of fused-ring (bicyclic) bond motifs is 5. The minimum Gasteiger partial charge on any atom is -0.462 e. The van der Waals surface area contributed by atoms with Crippen LogP contribution in [-0.4, -0.2) is 17.9 Å². The number of ketones is 1. The number of hydrogen-bond donors (Lipinski definition) is 0. The van der Waals surface area contributed by atoms with E-state index in [1.54, 1.807) is 6.92 Å². The van der Waals surface area contributed by atoms with Crippen molar-refractivity contribution in [1.29, 1.82) is 0 Å². The van der Waals surface area contributed by atoms with E-state index in [-0.39, 0.29) is 17.5 Å². The summed E-state index contributed by atoms with van der Waals surface area (Å²) in [6.45, 7) is 6.30. The summed E-state index contributed by atoms with van der Waals surface area (Å²) in [4.78, 5) is 23.4. The zero-order valence-electron chi connectivity index (χ0n) is 15.2. The van der Waals surface area contributed by atoms with E-state index in [2.05, 4.69) is 13.8 Å². The molecule has 0 saturated heterocycles. The van der Waals surface area contributed by atoms with Crippen molar-refractivity contribution in [1.82, 2.24) is 0 Å². The Morgan fingerprint density at radius 1 is 1.25 bits per heavy atom. The highest BCUT2D eigenvalue weighted by atomic mass is 16.5. The molecule has 4 rings (SSSR count). The second-order valence-corrected chi connectivity index (χ2v) is 9.08. The first-order valence-corrected chi connectivity index (χ1v) is 9.80. The molecule has 3 fully saturated rings. The summed E-state index contributed by atoms with van der Waals surface area (Å²) in [7, 11) is 0. The van der Waals surface area contributed by atoms with E-state index in [4.69, 9.17) is 4.74 Å². The van der Waals surface area contributed by atoms with Crippen molar-refractivity contribution in [3.63, 3.8) is 0 Å². The van der Waals surface area contributed by atoms with Crippen molar-refractivity contribution in [2.45, 2.75) is 71.8 Å². The SMILES string of the molecule is CC(=O)O[C@H]1CCC2C3C(C)CC4=CC(=O)CCC4C3CC[C@@]21C. The van der Waals surface area contributed by atoms with E-state index < -0.39 is 0 Å².